The Bertz CT molecular complexity index is 382. The minimum Gasteiger partial charge on any atom is -0.478 e. The van der Waals surface area contributed by atoms with E-state index in [0.29, 0.717) is 6.61 Å². The van der Waals surface area contributed by atoms with Gasteiger partial charge in [-0.25, -0.2) is 9.59 Å². The predicted molar refractivity (Wildman–Crippen MR) is 59.7 cm³/mol. The van der Waals surface area contributed by atoms with Crippen molar-refractivity contribution >= 4 is 11.9 Å². The molecule has 0 aromatic heterocycles. The highest BCUT2D eigenvalue weighted by Gasteiger charge is 2.09. The molecule has 0 aliphatic carbocycles. The lowest BCUT2D eigenvalue weighted by Gasteiger charge is -2.03. The Labute approximate surface area is 98.9 Å². The van der Waals surface area contributed by atoms with Crippen molar-refractivity contribution in [2.45, 2.75) is 19.8 Å². The van der Waals surface area contributed by atoms with Crippen LogP contribution in [0.3, 0.4) is 0 Å². The Morgan fingerprint density at radius 2 is 1.76 bits per heavy atom. The summed E-state index contributed by atoms with van der Waals surface area (Å²) in [5.74, 6) is -1.66. The van der Waals surface area contributed by atoms with Gasteiger partial charge in [0.15, 0.2) is 0 Å². The van der Waals surface area contributed by atoms with Crippen molar-refractivity contribution in [1.82, 2.24) is 0 Å². The lowest BCUT2D eigenvalue weighted by atomic mass is 10.1. The summed E-state index contributed by atoms with van der Waals surface area (Å²) in [6, 6.07) is 5.44. The van der Waals surface area contributed by atoms with Gasteiger partial charge in [-0.05, 0) is 30.7 Å². The van der Waals surface area contributed by atoms with Crippen LogP contribution in [0.2, 0.25) is 0 Å². The zero-order chi connectivity index (χ0) is 12.7. The minimum atomic E-state index is -1.04. The van der Waals surface area contributed by atoms with Gasteiger partial charge in [-0.15, -0.1) is 0 Å². The third-order valence-corrected chi connectivity index (χ3v) is 2.08. The standard InChI is InChI=1S/C12H14O5/c1-2-3-8-16-17-12(15)10-6-4-9(5-7-10)11(13)14/h4-7H,2-3,8H2,1H3,(H,13,14). The van der Waals surface area contributed by atoms with Crippen LogP contribution >= 0.6 is 0 Å². The molecular weight excluding hydrogens is 224 g/mol. The Kier molecular flexibility index (Phi) is 5.16. The van der Waals surface area contributed by atoms with Gasteiger partial charge in [0, 0.05) is 0 Å². The molecule has 0 heterocycles. The first kappa shape index (κ1) is 13.2. The number of hydrogen-bond donors (Lipinski definition) is 1. The fourth-order valence-electron chi connectivity index (χ4n) is 1.10. The van der Waals surface area contributed by atoms with Gasteiger partial charge in [-0.2, -0.15) is 4.89 Å². The average Bonchev–Trinajstić information content (AvgIpc) is 2.34. The molecular formula is C12H14O5. The van der Waals surface area contributed by atoms with Crippen LogP contribution in [0.15, 0.2) is 24.3 Å². The molecule has 5 nitrogen and oxygen atoms in total. The Hall–Kier alpha value is -1.88. The number of carbonyl (C=O) groups excluding carboxylic acids is 1. The lowest BCUT2D eigenvalue weighted by Crippen LogP contribution is -2.07. The monoisotopic (exact) mass is 238 g/mol. The van der Waals surface area contributed by atoms with Gasteiger partial charge >= 0.3 is 11.9 Å². The van der Waals surface area contributed by atoms with E-state index in [1.54, 1.807) is 0 Å². The van der Waals surface area contributed by atoms with Crippen molar-refractivity contribution in [3.05, 3.63) is 35.4 Å². The van der Waals surface area contributed by atoms with E-state index in [1.165, 1.54) is 24.3 Å². The smallest absolute Gasteiger partial charge is 0.373 e. The first-order valence-corrected chi connectivity index (χ1v) is 5.32. The van der Waals surface area contributed by atoms with Gasteiger partial charge < -0.3 is 5.11 Å². The highest BCUT2D eigenvalue weighted by Crippen LogP contribution is 2.06. The van der Waals surface area contributed by atoms with Crippen molar-refractivity contribution < 1.29 is 24.5 Å². The molecule has 0 aliphatic heterocycles. The van der Waals surface area contributed by atoms with E-state index < -0.39 is 11.9 Å². The molecule has 0 atom stereocenters. The summed E-state index contributed by atoms with van der Waals surface area (Å²) in [6.45, 7) is 2.35. The van der Waals surface area contributed by atoms with Gasteiger partial charge in [-0.3, -0.25) is 4.89 Å². The number of hydrogen-bond acceptors (Lipinski definition) is 4. The Balaban J connectivity index is 2.49. The van der Waals surface area contributed by atoms with Crippen LogP contribution in [0.5, 0.6) is 0 Å². The third kappa shape index (κ3) is 4.24. The molecule has 92 valence electrons. The van der Waals surface area contributed by atoms with Gasteiger partial charge in [0.25, 0.3) is 0 Å². The molecule has 0 saturated heterocycles. The van der Waals surface area contributed by atoms with E-state index in [4.69, 9.17) is 9.99 Å². The van der Waals surface area contributed by atoms with Gasteiger partial charge in [0.05, 0.1) is 17.7 Å². The van der Waals surface area contributed by atoms with Crippen molar-refractivity contribution in [1.29, 1.82) is 0 Å². The second kappa shape index (κ2) is 6.65. The summed E-state index contributed by atoms with van der Waals surface area (Å²) in [5.41, 5.74) is 0.375. The number of carbonyl (C=O) groups is 2. The van der Waals surface area contributed by atoms with Crippen LogP contribution in [0.1, 0.15) is 40.5 Å². The minimum absolute atomic E-state index is 0.119. The molecule has 0 bridgehead atoms. The summed E-state index contributed by atoms with van der Waals surface area (Å²) in [5, 5.41) is 8.67. The molecule has 1 aromatic rings. The number of unbranched alkanes of at least 4 members (excludes halogenated alkanes) is 1. The second-order valence-electron chi connectivity index (χ2n) is 3.43. The molecule has 1 N–H and O–H groups in total. The molecule has 0 unspecified atom stereocenters. The molecule has 0 saturated carbocycles. The molecule has 0 spiro atoms. The van der Waals surface area contributed by atoms with Crippen LogP contribution in [0, 0.1) is 0 Å². The maximum absolute atomic E-state index is 11.4. The first-order chi connectivity index (χ1) is 8.15. The fraction of sp³-hybridized carbons (Fsp3) is 0.333. The molecule has 0 aliphatic rings. The molecule has 17 heavy (non-hydrogen) atoms. The SMILES string of the molecule is CCCCOOC(=O)c1ccc(C(=O)O)cc1. The maximum Gasteiger partial charge on any atom is 0.373 e. The summed E-state index contributed by atoms with van der Waals surface area (Å²) in [7, 11) is 0. The fourth-order valence-corrected chi connectivity index (χ4v) is 1.10. The number of carboxylic acids is 1. The number of aromatic carboxylic acids is 1. The maximum atomic E-state index is 11.4. The van der Waals surface area contributed by atoms with E-state index >= 15 is 0 Å². The normalized spacial score (nSPS) is 9.94. The van der Waals surface area contributed by atoms with Crippen LogP contribution < -0.4 is 0 Å². The summed E-state index contributed by atoms with van der Waals surface area (Å²) in [4.78, 5) is 31.2. The molecule has 0 fully saturated rings. The molecule has 0 amide bonds. The largest absolute Gasteiger partial charge is 0.478 e. The first-order valence-electron chi connectivity index (χ1n) is 5.32. The van der Waals surface area contributed by atoms with E-state index in [1.807, 2.05) is 6.92 Å². The van der Waals surface area contributed by atoms with Crippen LogP contribution in [0.25, 0.3) is 0 Å². The number of benzene rings is 1. The quantitative estimate of drug-likeness (QED) is 0.467. The summed E-state index contributed by atoms with van der Waals surface area (Å²) >= 11 is 0. The highest BCUT2D eigenvalue weighted by atomic mass is 17.2. The zero-order valence-corrected chi connectivity index (χ0v) is 9.51. The summed E-state index contributed by atoms with van der Waals surface area (Å²) < 4.78 is 0. The van der Waals surface area contributed by atoms with Gasteiger partial charge in [0.1, 0.15) is 0 Å². The van der Waals surface area contributed by atoms with Crippen molar-refractivity contribution in [3.63, 3.8) is 0 Å². The summed E-state index contributed by atoms with van der Waals surface area (Å²) in [6.07, 6.45) is 1.76. The van der Waals surface area contributed by atoms with Gasteiger partial charge in [-0.1, -0.05) is 13.3 Å². The average molecular weight is 238 g/mol. The zero-order valence-electron chi connectivity index (χ0n) is 9.51. The van der Waals surface area contributed by atoms with Crippen molar-refractivity contribution in [2.75, 3.05) is 6.61 Å². The highest BCUT2D eigenvalue weighted by molar-refractivity contribution is 5.92. The lowest BCUT2D eigenvalue weighted by molar-refractivity contribution is -0.241. The number of rotatable bonds is 6. The predicted octanol–water partition coefficient (Wildman–Crippen LogP) is 2.27. The van der Waals surface area contributed by atoms with Crippen molar-refractivity contribution in [2.24, 2.45) is 0 Å². The van der Waals surface area contributed by atoms with Crippen LogP contribution in [0.4, 0.5) is 0 Å². The van der Waals surface area contributed by atoms with Gasteiger partial charge in [0.2, 0.25) is 0 Å². The van der Waals surface area contributed by atoms with E-state index in [0.717, 1.165) is 12.8 Å². The second-order valence-corrected chi connectivity index (χ2v) is 3.43. The van der Waals surface area contributed by atoms with Crippen molar-refractivity contribution in [3.8, 4) is 0 Å². The number of carboxylic acid groups (broad SMARTS) is 1. The third-order valence-electron chi connectivity index (χ3n) is 2.08. The van der Waals surface area contributed by atoms with E-state index in [9.17, 15) is 9.59 Å². The molecule has 5 heteroatoms. The van der Waals surface area contributed by atoms with Crippen LogP contribution in [-0.4, -0.2) is 23.7 Å². The van der Waals surface area contributed by atoms with Crippen LogP contribution in [-0.2, 0) is 9.78 Å². The molecule has 0 radical (unpaired) electrons. The molecule has 1 aromatic carbocycles. The Morgan fingerprint density at radius 1 is 1.18 bits per heavy atom. The van der Waals surface area contributed by atoms with E-state index in [-0.39, 0.29) is 11.1 Å². The Morgan fingerprint density at radius 3 is 2.29 bits per heavy atom. The molecule has 1 rings (SSSR count). The topological polar surface area (TPSA) is 72.8 Å². The van der Waals surface area contributed by atoms with E-state index in [2.05, 4.69) is 4.89 Å².